The van der Waals surface area contributed by atoms with Gasteiger partial charge >= 0.3 is 5.97 Å². The number of aliphatic carboxylic acids is 1. The van der Waals surface area contributed by atoms with Crippen LogP contribution in [0.25, 0.3) is 11.3 Å². The smallest absolute Gasteiger partial charge is 0.364 e. The summed E-state index contributed by atoms with van der Waals surface area (Å²) in [4.78, 5) is 73.2. The number of amides is 3. The van der Waals surface area contributed by atoms with E-state index in [1.807, 2.05) is 6.92 Å². The molecule has 1 aromatic heterocycles. The number of nitrogens with one attached hydrogen (secondary N) is 5. The monoisotopic (exact) mass is 1050 g/mol. The van der Waals surface area contributed by atoms with E-state index in [-0.39, 0.29) is 30.3 Å². The molecule has 0 unspecified atom stereocenters. The number of unbranched alkanes of at least 4 members (excludes halogenated alkanes) is 3. The predicted octanol–water partition coefficient (Wildman–Crippen LogP) is -1.94. The highest BCUT2D eigenvalue weighted by atomic mass is 16.7. The van der Waals surface area contributed by atoms with E-state index in [0.717, 1.165) is 12.0 Å². The fourth-order valence-corrected chi connectivity index (χ4v) is 7.56. The summed E-state index contributed by atoms with van der Waals surface area (Å²) < 4.78 is 40.1. The van der Waals surface area contributed by atoms with Gasteiger partial charge in [0.05, 0.1) is 103 Å². The van der Waals surface area contributed by atoms with Crippen molar-refractivity contribution in [2.24, 2.45) is 0 Å². The molecule has 0 bridgehead atoms. The minimum atomic E-state index is -2.51. The molecule has 2 heterocycles. The zero-order chi connectivity index (χ0) is 53.7. The van der Waals surface area contributed by atoms with Crippen molar-refractivity contribution in [3.63, 3.8) is 0 Å². The molecule has 1 saturated heterocycles. The first kappa shape index (κ1) is 61.0. The van der Waals surface area contributed by atoms with E-state index in [1.54, 1.807) is 35.1 Å². The number of carbonyl (C=O) groups excluding carboxylic acids is 3. The van der Waals surface area contributed by atoms with Crippen molar-refractivity contribution in [1.29, 1.82) is 0 Å². The van der Waals surface area contributed by atoms with Crippen LogP contribution >= 0.6 is 0 Å². The van der Waals surface area contributed by atoms with E-state index in [4.69, 9.17) is 33.2 Å². The van der Waals surface area contributed by atoms with E-state index < -0.39 is 84.5 Å². The quantitative estimate of drug-likeness (QED) is 0.0219. The lowest BCUT2D eigenvalue weighted by molar-refractivity contribution is -0.310. The van der Waals surface area contributed by atoms with Crippen molar-refractivity contribution >= 4 is 35.1 Å². The average Bonchev–Trinajstić information content (AvgIpc) is 3.87. The van der Waals surface area contributed by atoms with Gasteiger partial charge in [0.1, 0.15) is 35.9 Å². The van der Waals surface area contributed by atoms with Gasteiger partial charge < -0.3 is 85.3 Å². The molecule has 2 aromatic carbocycles. The zero-order valence-corrected chi connectivity index (χ0v) is 42.1. The Morgan fingerprint density at radius 2 is 1.43 bits per heavy atom. The van der Waals surface area contributed by atoms with Crippen LogP contribution in [-0.4, -0.2) is 206 Å². The molecule has 1 aliphatic heterocycles. The molecule has 0 saturated carbocycles. The van der Waals surface area contributed by atoms with Crippen molar-refractivity contribution in [2.45, 2.75) is 101 Å². The summed E-state index contributed by atoms with van der Waals surface area (Å²) in [6.07, 6.45) is -2.98. The molecule has 414 valence electrons. The number of carboxylic acid groups (broad SMARTS) is 1. The largest absolute Gasteiger partial charge is 0.477 e. The summed E-state index contributed by atoms with van der Waals surface area (Å²) >= 11 is 0. The number of carbonyl (C=O) groups is 4. The maximum absolute atomic E-state index is 13.0. The molecular weight excluding hydrogens is 977 g/mol. The standard InChI is InChI=1S/C48H74N8O18/c1-3-13-49-37(60)12-18-69-21-23-71-25-26-72-24-22-70-20-16-56-30-34(54-55-56)33-10-8-32(9-11-33)27-38(61)52-29-36(59)43(63)46-40(53-39(62)31-57)35(58)28-48(74-46,47(66)67)73-17-7-5-4-6-14-50-41-42(45(65)44(41)64)51-15-19-68-2/h8-11,30,35-36,40,43,46,50-51,57-59,63H,3-7,12-29,31H2,1-2H3,(H,49,60)(H,52,61)(H,53,62)(H,66,67)/t35-,36+,40+,43+,46+,48+/m0/s1. The molecule has 6 atom stereocenters. The van der Waals surface area contributed by atoms with Crippen LogP contribution in [0.2, 0.25) is 0 Å². The van der Waals surface area contributed by atoms with Crippen LogP contribution in [0, 0.1) is 0 Å². The second-order valence-electron chi connectivity index (χ2n) is 17.3. The second-order valence-corrected chi connectivity index (χ2v) is 17.3. The third-order valence-electron chi connectivity index (χ3n) is 11.6. The van der Waals surface area contributed by atoms with Crippen LogP contribution in [0.5, 0.6) is 0 Å². The Bertz CT molecular complexity index is 2210. The molecule has 0 aliphatic carbocycles. The van der Waals surface area contributed by atoms with Crippen LogP contribution in [0.3, 0.4) is 0 Å². The van der Waals surface area contributed by atoms with Gasteiger partial charge in [-0.25, -0.2) is 9.48 Å². The number of ether oxygens (including phenoxy) is 7. The molecule has 4 rings (SSSR count). The van der Waals surface area contributed by atoms with Gasteiger partial charge in [0.2, 0.25) is 17.7 Å². The van der Waals surface area contributed by atoms with Gasteiger partial charge in [-0.2, -0.15) is 0 Å². The molecular formula is C48H74N8O18. The van der Waals surface area contributed by atoms with Crippen molar-refractivity contribution in [3.05, 3.63) is 56.5 Å². The first-order valence-electron chi connectivity index (χ1n) is 24.9. The number of anilines is 2. The SMILES string of the molecule is CCCNC(=O)CCOCCOCCOCCOCCn1cc(-c2ccc(CC(=O)NC[C@@H](O)[C@@H](O)[C@@H]3O[C@@](OCCCCCCNc4c(NCCOC)c(=O)c4=O)(C(=O)O)C[C@H](O)[C@H]3NC(=O)CO)cc2)nn1. The Hall–Kier alpha value is -5.52. The molecule has 0 spiro atoms. The highest BCUT2D eigenvalue weighted by molar-refractivity contribution is 5.79. The fraction of sp³-hybridized carbons (Fsp3) is 0.667. The lowest BCUT2D eigenvalue weighted by Gasteiger charge is -2.46. The van der Waals surface area contributed by atoms with Crippen molar-refractivity contribution in [2.75, 3.05) is 117 Å². The van der Waals surface area contributed by atoms with Crippen LogP contribution in [0.4, 0.5) is 11.4 Å². The number of aliphatic hydroxyl groups excluding tert-OH is 4. The molecule has 26 nitrogen and oxygen atoms in total. The minimum absolute atomic E-state index is 0.0254. The molecule has 26 heteroatoms. The Kier molecular flexibility index (Phi) is 27.6. The summed E-state index contributed by atoms with van der Waals surface area (Å²) in [5.41, 5.74) is 1.16. The average molecular weight is 1050 g/mol. The number of aromatic nitrogens is 3. The second kappa shape index (κ2) is 33.4. The lowest BCUT2D eigenvalue weighted by atomic mass is 9.88. The van der Waals surface area contributed by atoms with Crippen molar-refractivity contribution in [3.8, 4) is 11.3 Å². The Morgan fingerprint density at radius 3 is 2.07 bits per heavy atom. The molecule has 74 heavy (non-hydrogen) atoms. The van der Waals surface area contributed by atoms with Gasteiger partial charge in [0.15, 0.2) is 0 Å². The number of nitrogens with zero attached hydrogens (tertiary/aromatic N) is 3. The van der Waals surface area contributed by atoms with E-state index in [2.05, 4.69) is 36.9 Å². The number of hydrogen-bond acceptors (Lipinski definition) is 21. The lowest BCUT2D eigenvalue weighted by Crippen LogP contribution is -2.68. The van der Waals surface area contributed by atoms with Gasteiger partial charge in [0, 0.05) is 51.7 Å². The molecule has 1 fully saturated rings. The third kappa shape index (κ3) is 20.3. The van der Waals surface area contributed by atoms with Crippen LogP contribution in [0.1, 0.15) is 57.4 Å². The Balaban J connectivity index is 1.15. The van der Waals surface area contributed by atoms with Gasteiger partial charge in [-0.05, 0) is 24.8 Å². The molecule has 3 aromatic rings. The Morgan fingerprint density at radius 1 is 0.797 bits per heavy atom. The number of methoxy groups -OCH3 is 1. The van der Waals surface area contributed by atoms with Crippen LogP contribution in [0.15, 0.2) is 40.1 Å². The van der Waals surface area contributed by atoms with Gasteiger partial charge in [0.25, 0.3) is 16.6 Å². The summed E-state index contributed by atoms with van der Waals surface area (Å²) in [6.45, 7) is 5.60. The zero-order valence-electron chi connectivity index (χ0n) is 42.1. The minimum Gasteiger partial charge on any atom is -0.477 e. The Labute approximate surface area is 428 Å². The first-order valence-corrected chi connectivity index (χ1v) is 24.9. The number of aliphatic hydroxyl groups is 4. The topological polar surface area (TPSA) is 359 Å². The van der Waals surface area contributed by atoms with Gasteiger partial charge in [-0.3, -0.25) is 24.0 Å². The molecule has 10 N–H and O–H groups in total. The van der Waals surface area contributed by atoms with Crippen molar-refractivity contribution in [1.82, 2.24) is 30.9 Å². The summed E-state index contributed by atoms with van der Waals surface area (Å²) in [5, 5.41) is 74.9. The normalized spacial score (nSPS) is 18.4. The maximum atomic E-state index is 13.0. The molecule has 3 amide bonds. The highest BCUT2D eigenvalue weighted by Gasteiger charge is 2.55. The number of carboxylic acids is 1. The fourth-order valence-electron chi connectivity index (χ4n) is 7.56. The first-order chi connectivity index (χ1) is 35.7. The van der Waals surface area contributed by atoms with E-state index >= 15 is 0 Å². The highest BCUT2D eigenvalue weighted by Crippen LogP contribution is 2.34. The number of benzene rings is 1. The number of hydrogen-bond donors (Lipinski definition) is 10. The van der Waals surface area contributed by atoms with Gasteiger partial charge in [-0.1, -0.05) is 49.2 Å². The number of rotatable bonds is 40. The van der Waals surface area contributed by atoms with Crippen LogP contribution < -0.4 is 37.4 Å². The molecule has 1 aliphatic rings. The predicted molar refractivity (Wildman–Crippen MR) is 265 cm³/mol. The van der Waals surface area contributed by atoms with E-state index in [1.165, 1.54) is 7.11 Å². The summed E-state index contributed by atoms with van der Waals surface area (Å²) in [6, 6.07) is 5.46. The summed E-state index contributed by atoms with van der Waals surface area (Å²) in [7, 11) is 1.51. The van der Waals surface area contributed by atoms with Gasteiger partial charge in [-0.15, -0.1) is 5.10 Å². The van der Waals surface area contributed by atoms with E-state index in [9.17, 15) is 54.3 Å². The molecule has 0 radical (unpaired) electrons. The van der Waals surface area contributed by atoms with Crippen LogP contribution in [-0.2, 0) is 65.3 Å². The summed E-state index contributed by atoms with van der Waals surface area (Å²) in [5.74, 6) is -5.69. The third-order valence-corrected chi connectivity index (χ3v) is 11.6. The maximum Gasteiger partial charge on any atom is 0.364 e. The van der Waals surface area contributed by atoms with E-state index in [0.29, 0.717) is 129 Å². The van der Waals surface area contributed by atoms with Crippen molar-refractivity contribution < 1.29 is 77.9 Å².